The predicted molar refractivity (Wildman–Crippen MR) is 108 cm³/mol. The van der Waals surface area contributed by atoms with Crippen LogP contribution in [0.2, 0.25) is 0 Å². The smallest absolute Gasteiger partial charge is 0.407 e. The van der Waals surface area contributed by atoms with E-state index in [1.165, 1.54) is 16.2 Å². The highest BCUT2D eigenvalue weighted by Crippen LogP contribution is 2.35. The highest BCUT2D eigenvalue weighted by Gasteiger charge is 2.28. The van der Waals surface area contributed by atoms with Gasteiger partial charge in [-0.05, 0) is 24.5 Å². The Morgan fingerprint density at radius 2 is 2.00 bits per heavy atom. The zero-order valence-corrected chi connectivity index (χ0v) is 17.9. The van der Waals surface area contributed by atoms with Crippen molar-refractivity contribution in [3.8, 4) is 5.75 Å². The first-order valence-electron chi connectivity index (χ1n) is 9.47. The maximum Gasteiger partial charge on any atom is 0.407 e. The zero-order chi connectivity index (χ0) is 21.3. The second kappa shape index (κ2) is 8.50. The number of hydrogen-bond acceptors (Lipinski definition) is 8. The number of likely N-dealkylation sites (tertiary alicyclic amines) is 1. The first-order valence-corrected chi connectivity index (χ1v) is 12.2. The van der Waals surface area contributed by atoms with Crippen LogP contribution in [0.3, 0.4) is 0 Å². The molecule has 0 spiro atoms. The van der Waals surface area contributed by atoms with Crippen LogP contribution in [0.15, 0.2) is 23.6 Å². The number of fused-ring (bicyclic) bond motifs is 1. The quantitative estimate of drug-likeness (QED) is 0.701. The molecule has 30 heavy (non-hydrogen) atoms. The fourth-order valence-corrected chi connectivity index (χ4v) is 5.08. The lowest BCUT2D eigenvalue weighted by Crippen LogP contribution is -2.36. The summed E-state index contributed by atoms with van der Waals surface area (Å²) in [5.74, 6) is 0.459. The summed E-state index contributed by atoms with van der Waals surface area (Å²) >= 11 is 1.52. The molecule has 0 aliphatic carbocycles. The zero-order valence-electron chi connectivity index (χ0n) is 16.3. The lowest BCUT2D eigenvalue weighted by atomic mass is 9.98. The maximum atomic E-state index is 11.5. The van der Waals surface area contributed by atoms with Crippen molar-refractivity contribution in [3.63, 3.8) is 0 Å². The van der Waals surface area contributed by atoms with Gasteiger partial charge in [-0.25, -0.2) is 9.78 Å². The molecule has 3 heterocycles. The highest BCUT2D eigenvalue weighted by atomic mass is 32.2. The Balaban J connectivity index is 1.45. The largest absolute Gasteiger partial charge is 0.465 e. The van der Waals surface area contributed by atoms with Gasteiger partial charge in [-0.2, -0.15) is 8.42 Å². The molecule has 2 aliphatic rings. The molecule has 11 heteroatoms. The van der Waals surface area contributed by atoms with Crippen molar-refractivity contribution in [1.29, 1.82) is 0 Å². The van der Waals surface area contributed by atoms with E-state index in [4.69, 9.17) is 18.8 Å². The molecule has 162 valence electrons. The molecule has 1 aromatic heterocycles. The van der Waals surface area contributed by atoms with E-state index in [0.717, 1.165) is 29.7 Å². The van der Waals surface area contributed by atoms with Gasteiger partial charge in [0.25, 0.3) is 0 Å². The Bertz CT molecular complexity index is 1030. The van der Waals surface area contributed by atoms with E-state index < -0.39 is 22.5 Å². The van der Waals surface area contributed by atoms with E-state index in [1.807, 2.05) is 11.4 Å². The minimum atomic E-state index is -3.65. The molecule has 1 fully saturated rings. The first-order chi connectivity index (χ1) is 14.3. The lowest BCUT2D eigenvalue weighted by molar-refractivity contribution is -0.155. The van der Waals surface area contributed by atoms with Crippen molar-refractivity contribution >= 4 is 27.5 Å². The standard InChI is InChI=1S/C19H22N2O7S2/c1-30(24,25)28-16-4-2-3-13-9-26-18(27-10-14(13)16)15-11-29-17(20-15)12-5-7-21(8-6-12)19(22)23/h2-4,11-12,18H,5-10H2,1H3,(H,22,23). The Morgan fingerprint density at radius 3 is 2.70 bits per heavy atom. The van der Waals surface area contributed by atoms with Crippen molar-refractivity contribution in [2.45, 2.75) is 38.3 Å². The van der Waals surface area contributed by atoms with Crippen LogP contribution in [-0.2, 0) is 32.8 Å². The molecule has 1 unspecified atom stereocenters. The fraction of sp³-hybridized carbons (Fsp3) is 0.474. The summed E-state index contributed by atoms with van der Waals surface area (Å²) in [5, 5.41) is 11.9. The number of nitrogens with zero attached hydrogens (tertiary/aromatic N) is 2. The number of carbonyl (C=O) groups is 1. The van der Waals surface area contributed by atoms with Crippen LogP contribution in [0.4, 0.5) is 4.79 Å². The van der Waals surface area contributed by atoms with E-state index in [-0.39, 0.29) is 24.9 Å². The molecule has 0 bridgehead atoms. The number of amides is 1. The van der Waals surface area contributed by atoms with Gasteiger partial charge in [-0.1, -0.05) is 12.1 Å². The highest BCUT2D eigenvalue weighted by molar-refractivity contribution is 7.86. The van der Waals surface area contributed by atoms with E-state index >= 15 is 0 Å². The van der Waals surface area contributed by atoms with Crippen molar-refractivity contribution in [1.82, 2.24) is 9.88 Å². The molecule has 1 amide bonds. The van der Waals surface area contributed by atoms with Crippen molar-refractivity contribution < 1.29 is 32.0 Å². The predicted octanol–water partition coefficient (Wildman–Crippen LogP) is 3.08. The monoisotopic (exact) mass is 454 g/mol. The van der Waals surface area contributed by atoms with Gasteiger partial charge in [-0.3, -0.25) is 0 Å². The molecule has 1 atom stereocenters. The maximum absolute atomic E-state index is 11.5. The number of ether oxygens (including phenoxy) is 2. The molecule has 2 aromatic rings. The topological polar surface area (TPSA) is 115 Å². The SMILES string of the molecule is CS(=O)(=O)Oc1cccc2c1COC(c1csc(C3CCN(C(=O)O)CC3)n1)OC2. The van der Waals surface area contributed by atoms with Gasteiger partial charge in [-0.15, -0.1) is 11.3 Å². The normalized spacial score (nSPS) is 20.4. The van der Waals surface area contributed by atoms with Gasteiger partial charge in [0.1, 0.15) is 11.4 Å². The van der Waals surface area contributed by atoms with Gasteiger partial charge < -0.3 is 23.7 Å². The molecule has 4 rings (SSSR count). The summed E-state index contributed by atoms with van der Waals surface area (Å²) in [6.07, 6.45) is 0.924. The third-order valence-electron chi connectivity index (χ3n) is 5.14. The molecule has 1 saturated heterocycles. The number of rotatable bonds is 4. The summed E-state index contributed by atoms with van der Waals surface area (Å²) in [6, 6.07) is 5.15. The molecule has 1 N–H and O–H groups in total. The number of piperidine rings is 1. The number of benzene rings is 1. The number of hydrogen-bond donors (Lipinski definition) is 1. The number of thiazole rings is 1. The summed E-state index contributed by atoms with van der Waals surface area (Å²) in [6.45, 7) is 1.38. The van der Waals surface area contributed by atoms with Crippen molar-refractivity contribution in [3.05, 3.63) is 45.4 Å². The van der Waals surface area contributed by atoms with Crippen LogP contribution in [0, 0.1) is 0 Å². The van der Waals surface area contributed by atoms with Gasteiger partial charge in [0.2, 0.25) is 6.29 Å². The van der Waals surface area contributed by atoms with E-state index in [2.05, 4.69) is 4.98 Å². The minimum Gasteiger partial charge on any atom is -0.465 e. The lowest BCUT2D eigenvalue weighted by Gasteiger charge is -2.28. The molecule has 2 aliphatic heterocycles. The molecule has 0 radical (unpaired) electrons. The van der Waals surface area contributed by atoms with Crippen molar-refractivity contribution in [2.75, 3.05) is 19.3 Å². The van der Waals surface area contributed by atoms with Crippen LogP contribution in [-0.4, -0.2) is 48.8 Å². The summed E-state index contributed by atoms with van der Waals surface area (Å²) in [5.41, 5.74) is 2.10. The average molecular weight is 455 g/mol. The molecular formula is C19H22N2O7S2. The van der Waals surface area contributed by atoms with Gasteiger partial charge >= 0.3 is 16.2 Å². The van der Waals surface area contributed by atoms with Crippen molar-refractivity contribution in [2.24, 2.45) is 0 Å². The second-order valence-corrected chi connectivity index (χ2v) is 9.75. The fourth-order valence-electron chi connectivity index (χ4n) is 3.61. The molecule has 1 aromatic carbocycles. The van der Waals surface area contributed by atoms with E-state index in [1.54, 1.807) is 12.1 Å². The molecule has 9 nitrogen and oxygen atoms in total. The summed E-state index contributed by atoms with van der Waals surface area (Å²) in [4.78, 5) is 17.2. The number of carboxylic acid groups (broad SMARTS) is 1. The average Bonchev–Trinajstić information content (AvgIpc) is 3.08. The Kier molecular flexibility index (Phi) is 5.96. The number of aromatic nitrogens is 1. The molecule has 0 saturated carbocycles. The summed E-state index contributed by atoms with van der Waals surface area (Å²) in [7, 11) is -3.65. The molecular weight excluding hydrogens is 432 g/mol. The Morgan fingerprint density at radius 1 is 1.27 bits per heavy atom. The first kappa shape index (κ1) is 21.0. The van der Waals surface area contributed by atoms with Gasteiger partial charge in [0.05, 0.1) is 24.5 Å². The van der Waals surface area contributed by atoms with Crippen LogP contribution >= 0.6 is 11.3 Å². The third kappa shape index (κ3) is 4.75. The van der Waals surface area contributed by atoms with Crippen LogP contribution in [0.5, 0.6) is 5.75 Å². The Hall–Kier alpha value is -2.21. The van der Waals surface area contributed by atoms with Gasteiger partial charge in [0.15, 0.2) is 0 Å². The summed E-state index contributed by atoms with van der Waals surface area (Å²) < 4.78 is 39.9. The van der Waals surface area contributed by atoms with E-state index in [0.29, 0.717) is 24.3 Å². The third-order valence-corrected chi connectivity index (χ3v) is 6.64. The van der Waals surface area contributed by atoms with Gasteiger partial charge in [0, 0.05) is 30.0 Å². The second-order valence-electron chi connectivity index (χ2n) is 7.29. The van der Waals surface area contributed by atoms with E-state index in [9.17, 15) is 13.2 Å². The minimum absolute atomic E-state index is 0.134. The van der Waals surface area contributed by atoms with Crippen LogP contribution in [0.25, 0.3) is 0 Å². The van der Waals surface area contributed by atoms with Crippen LogP contribution in [0.1, 0.15) is 46.9 Å². The van der Waals surface area contributed by atoms with Crippen LogP contribution < -0.4 is 4.18 Å². The Labute approximate surface area is 178 Å².